The van der Waals surface area contributed by atoms with E-state index in [1.54, 1.807) is 18.7 Å². The van der Waals surface area contributed by atoms with E-state index < -0.39 is 0 Å². The van der Waals surface area contributed by atoms with E-state index in [1.165, 1.54) is 4.90 Å². The Kier molecular flexibility index (Phi) is 5.86. The molecule has 0 atom stereocenters. The number of nitrogens with one attached hydrogen (secondary N) is 2. The molecular formula is C15H20N2S. The highest BCUT2D eigenvalue weighted by atomic mass is 32.2. The van der Waals surface area contributed by atoms with Gasteiger partial charge in [-0.3, -0.25) is 5.41 Å². The van der Waals surface area contributed by atoms with Crippen LogP contribution in [0.4, 0.5) is 0 Å². The fourth-order valence-corrected chi connectivity index (χ4v) is 2.82. The Labute approximate surface area is 114 Å². The molecule has 2 nitrogen and oxygen atoms in total. The van der Waals surface area contributed by atoms with E-state index in [2.05, 4.69) is 6.07 Å². The Morgan fingerprint density at radius 3 is 2.61 bits per heavy atom. The summed E-state index contributed by atoms with van der Waals surface area (Å²) in [6.07, 6.45) is 2.68. The molecule has 2 N–H and O–H groups in total. The summed E-state index contributed by atoms with van der Waals surface area (Å²) in [7, 11) is 0. The Morgan fingerprint density at radius 2 is 1.94 bits per heavy atom. The Hall–Kier alpha value is -1.35. The van der Waals surface area contributed by atoms with Crippen LogP contribution in [-0.2, 0) is 0 Å². The maximum Gasteiger partial charge on any atom is 0.0656 e. The fraction of sp³-hybridized carbons (Fsp3) is 0.333. The molecule has 96 valence electrons. The van der Waals surface area contributed by atoms with Crippen LogP contribution in [-0.4, -0.2) is 17.2 Å². The van der Waals surface area contributed by atoms with Crippen molar-refractivity contribution in [2.75, 3.05) is 5.75 Å². The third-order valence-electron chi connectivity index (χ3n) is 2.50. The number of thioether (sulfide) groups is 1. The highest BCUT2D eigenvalue weighted by Gasteiger charge is 2.16. The minimum absolute atomic E-state index is 0.518. The van der Waals surface area contributed by atoms with Gasteiger partial charge in [-0.05, 0) is 31.1 Å². The van der Waals surface area contributed by atoms with Crippen molar-refractivity contribution in [3.63, 3.8) is 0 Å². The molecule has 0 amide bonds. The van der Waals surface area contributed by atoms with Crippen LogP contribution in [0.15, 0.2) is 40.8 Å². The molecular weight excluding hydrogens is 240 g/mol. The van der Waals surface area contributed by atoms with Crippen LogP contribution < -0.4 is 0 Å². The predicted octanol–water partition coefficient (Wildman–Crippen LogP) is 4.54. The van der Waals surface area contributed by atoms with Gasteiger partial charge in [0.2, 0.25) is 0 Å². The van der Waals surface area contributed by atoms with E-state index in [4.69, 9.17) is 10.8 Å². The summed E-state index contributed by atoms with van der Waals surface area (Å²) in [6, 6.07) is 8.03. The summed E-state index contributed by atoms with van der Waals surface area (Å²) < 4.78 is 0. The molecule has 1 aliphatic heterocycles. The van der Waals surface area contributed by atoms with Gasteiger partial charge in [-0.25, -0.2) is 0 Å². The van der Waals surface area contributed by atoms with Crippen LogP contribution in [0.25, 0.3) is 0 Å². The second-order valence-corrected chi connectivity index (χ2v) is 4.96. The van der Waals surface area contributed by atoms with Crippen molar-refractivity contribution in [3.05, 3.63) is 41.5 Å². The normalized spacial score (nSPS) is 16.4. The Morgan fingerprint density at radius 1 is 1.28 bits per heavy atom. The van der Waals surface area contributed by atoms with Crippen LogP contribution in [0, 0.1) is 10.8 Å². The average Bonchev–Trinajstić information content (AvgIpc) is 2.53. The van der Waals surface area contributed by atoms with E-state index in [1.807, 2.05) is 38.1 Å². The molecule has 0 aliphatic carbocycles. The fourth-order valence-electron chi connectivity index (χ4n) is 1.77. The first-order chi connectivity index (χ1) is 8.68. The highest BCUT2D eigenvalue weighted by molar-refractivity contribution is 7.99. The van der Waals surface area contributed by atoms with Gasteiger partial charge in [0.25, 0.3) is 0 Å². The van der Waals surface area contributed by atoms with Crippen molar-refractivity contribution in [2.24, 2.45) is 0 Å². The number of allylic oxidation sites excluding steroid dienone is 2. The molecule has 0 unspecified atom stereocenters. The standard InChI is InChI=1S/C13H14N2S.C2H6/c1-9(14)8-10-6-7-16-12-5-3-2-4-11(12)13(10)15;1-2/h2-5,8,14-15H,6-7H2,1H3;1-2H3/b10-8-,14-9?,15-13?;. The van der Waals surface area contributed by atoms with Crippen LogP contribution in [0.1, 0.15) is 32.8 Å². The molecule has 0 saturated heterocycles. The van der Waals surface area contributed by atoms with Gasteiger partial charge in [0.1, 0.15) is 0 Å². The van der Waals surface area contributed by atoms with Gasteiger partial charge < -0.3 is 5.41 Å². The first-order valence-corrected chi connectivity index (χ1v) is 7.24. The van der Waals surface area contributed by atoms with Gasteiger partial charge in [0.05, 0.1) is 5.71 Å². The van der Waals surface area contributed by atoms with Crippen molar-refractivity contribution in [1.29, 1.82) is 10.8 Å². The molecule has 1 heterocycles. The maximum atomic E-state index is 8.18. The lowest BCUT2D eigenvalue weighted by molar-refractivity contribution is 1.19. The number of fused-ring (bicyclic) bond motifs is 1. The van der Waals surface area contributed by atoms with Gasteiger partial charge in [-0.15, -0.1) is 11.8 Å². The number of hydrogen-bond acceptors (Lipinski definition) is 3. The molecule has 0 bridgehead atoms. The average molecular weight is 260 g/mol. The van der Waals surface area contributed by atoms with Crippen LogP contribution >= 0.6 is 11.8 Å². The number of benzene rings is 1. The Bertz CT molecular complexity index is 475. The van der Waals surface area contributed by atoms with Crippen molar-refractivity contribution < 1.29 is 0 Å². The van der Waals surface area contributed by atoms with Crippen molar-refractivity contribution in [2.45, 2.75) is 32.1 Å². The van der Waals surface area contributed by atoms with Crippen LogP contribution in [0.5, 0.6) is 0 Å². The molecule has 18 heavy (non-hydrogen) atoms. The monoisotopic (exact) mass is 260 g/mol. The molecule has 0 aromatic heterocycles. The van der Waals surface area contributed by atoms with Crippen molar-refractivity contribution in [1.82, 2.24) is 0 Å². The topological polar surface area (TPSA) is 47.7 Å². The second-order valence-electron chi connectivity index (χ2n) is 3.82. The number of hydrogen-bond donors (Lipinski definition) is 2. The van der Waals surface area contributed by atoms with E-state index in [0.29, 0.717) is 11.4 Å². The SMILES string of the molecule is CC.CC(=N)/C=C1/CCSc2ccccc2C1=N. The lowest BCUT2D eigenvalue weighted by Gasteiger charge is -2.06. The highest BCUT2D eigenvalue weighted by Crippen LogP contribution is 2.30. The molecule has 1 aromatic rings. The van der Waals surface area contributed by atoms with Crippen LogP contribution in [0.2, 0.25) is 0 Å². The molecule has 0 saturated carbocycles. The minimum atomic E-state index is 0.518. The van der Waals surface area contributed by atoms with Gasteiger partial charge >= 0.3 is 0 Å². The van der Waals surface area contributed by atoms with E-state index >= 15 is 0 Å². The first-order valence-electron chi connectivity index (χ1n) is 6.25. The zero-order valence-electron chi connectivity index (χ0n) is 11.2. The van der Waals surface area contributed by atoms with Crippen molar-refractivity contribution in [3.8, 4) is 0 Å². The molecule has 1 aliphatic rings. The lowest BCUT2D eigenvalue weighted by atomic mass is 9.99. The number of rotatable bonds is 1. The van der Waals surface area contributed by atoms with Gasteiger partial charge in [0, 0.05) is 21.9 Å². The summed E-state index contributed by atoms with van der Waals surface area (Å²) in [5.41, 5.74) is 3.07. The molecule has 1 aromatic carbocycles. The molecule has 0 spiro atoms. The summed E-state index contributed by atoms with van der Waals surface area (Å²) in [5.74, 6) is 0.985. The zero-order valence-corrected chi connectivity index (χ0v) is 12.0. The van der Waals surface area contributed by atoms with E-state index in [0.717, 1.165) is 23.3 Å². The van der Waals surface area contributed by atoms with Gasteiger partial charge in [-0.1, -0.05) is 32.0 Å². The van der Waals surface area contributed by atoms with E-state index in [9.17, 15) is 0 Å². The van der Waals surface area contributed by atoms with E-state index in [-0.39, 0.29) is 0 Å². The molecule has 0 fully saturated rings. The maximum absolute atomic E-state index is 8.18. The lowest BCUT2D eigenvalue weighted by Crippen LogP contribution is -2.04. The molecule has 2 rings (SSSR count). The zero-order chi connectivity index (χ0) is 13.5. The molecule has 3 heteroatoms. The Balaban J connectivity index is 0.000000771. The smallest absolute Gasteiger partial charge is 0.0656 e. The summed E-state index contributed by atoms with van der Waals surface area (Å²) in [5, 5.41) is 15.7. The summed E-state index contributed by atoms with van der Waals surface area (Å²) in [6.45, 7) is 5.75. The largest absolute Gasteiger partial charge is 0.306 e. The van der Waals surface area contributed by atoms with Gasteiger partial charge in [0.15, 0.2) is 0 Å². The van der Waals surface area contributed by atoms with Gasteiger partial charge in [-0.2, -0.15) is 0 Å². The summed E-state index contributed by atoms with van der Waals surface area (Å²) >= 11 is 1.79. The quantitative estimate of drug-likeness (QED) is 0.715. The second kappa shape index (κ2) is 7.17. The first kappa shape index (κ1) is 14.7. The predicted molar refractivity (Wildman–Crippen MR) is 81.4 cm³/mol. The molecule has 0 radical (unpaired) electrons. The summed E-state index contributed by atoms with van der Waals surface area (Å²) in [4.78, 5) is 1.18. The third-order valence-corrected chi connectivity index (χ3v) is 3.57. The van der Waals surface area contributed by atoms with Crippen molar-refractivity contribution >= 4 is 23.2 Å². The minimum Gasteiger partial charge on any atom is -0.306 e. The van der Waals surface area contributed by atoms with Crippen LogP contribution in [0.3, 0.4) is 0 Å². The third kappa shape index (κ3) is 3.57.